The van der Waals surface area contributed by atoms with Crippen LogP contribution >= 0.6 is 0 Å². The van der Waals surface area contributed by atoms with E-state index in [2.05, 4.69) is 0 Å². The molecule has 0 aliphatic carbocycles. The molecule has 0 fully saturated rings. The first-order chi connectivity index (χ1) is 10.1. The molecule has 3 nitrogen and oxygen atoms in total. The van der Waals surface area contributed by atoms with Crippen LogP contribution in [-0.2, 0) is 14.3 Å². The number of carbonyl (C=O) groups excluding carboxylic acids is 2. The van der Waals surface area contributed by atoms with Crippen LogP contribution in [0, 0.1) is 5.92 Å². The van der Waals surface area contributed by atoms with Crippen molar-refractivity contribution in [1.82, 2.24) is 0 Å². The molecule has 2 aromatic carbocycles. The van der Waals surface area contributed by atoms with E-state index in [9.17, 15) is 9.59 Å². The normalized spacial score (nSPS) is 12.0. The van der Waals surface area contributed by atoms with Crippen LogP contribution in [-0.4, -0.2) is 18.9 Å². The smallest absolute Gasteiger partial charge is 0.315 e. The van der Waals surface area contributed by atoms with Gasteiger partial charge in [0.15, 0.2) is 5.78 Å². The zero-order valence-electron chi connectivity index (χ0n) is 12.2. The van der Waals surface area contributed by atoms with Gasteiger partial charge < -0.3 is 4.74 Å². The van der Waals surface area contributed by atoms with E-state index < -0.39 is 17.8 Å². The maximum atomic E-state index is 12.7. The Labute approximate surface area is 124 Å². The summed E-state index contributed by atoms with van der Waals surface area (Å²) in [6.07, 6.45) is 0. The van der Waals surface area contributed by atoms with Crippen molar-refractivity contribution in [3.63, 3.8) is 0 Å². The SMILES string of the molecule is COC(=O)C(C)C(=O)C(c1ccccc1)c1ccccc1. The lowest BCUT2D eigenvalue weighted by Gasteiger charge is -2.19. The zero-order chi connectivity index (χ0) is 15.2. The minimum Gasteiger partial charge on any atom is -0.468 e. The summed E-state index contributed by atoms with van der Waals surface area (Å²) >= 11 is 0. The second kappa shape index (κ2) is 6.84. The molecule has 2 aromatic rings. The molecule has 0 N–H and O–H groups in total. The van der Waals surface area contributed by atoms with Gasteiger partial charge in [-0.25, -0.2) is 0 Å². The van der Waals surface area contributed by atoms with E-state index in [1.165, 1.54) is 7.11 Å². The molecule has 108 valence electrons. The fourth-order valence-corrected chi connectivity index (χ4v) is 2.35. The molecule has 21 heavy (non-hydrogen) atoms. The Morgan fingerprint density at radius 1 is 0.857 bits per heavy atom. The lowest BCUT2D eigenvalue weighted by atomic mass is 9.83. The van der Waals surface area contributed by atoms with E-state index in [4.69, 9.17) is 4.74 Å². The van der Waals surface area contributed by atoms with Crippen molar-refractivity contribution in [3.8, 4) is 0 Å². The lowest BCUT2D eigenvalue weighted by Crippen LogP contribution is -2.28. The number of ketones is 1. The van der Waals surface area contributed by atoms with E-state index in [1.54, 1.807) is 6.92 Å². The minimum absolute atomic E-state index is 0.153. The van der Waals surface area contributed by atoms with Gasteiger partial charge in [0.25, 0.3) is 0 Å². The van der Waals surface area contributed by atoms with Crippen molar-refractivity contribution in [3.05, 3.63) is 71.8 Å². The molecule has 0 saturated carbocycles. The highest BCUT2D eigenvalue weighted by Gasteiger charge is 2.31. The van der Waals surface area contributed by atoms with E-state index in [1.807, 2.05) is 60.7 Å². The van der Waals surface area contributed by atoms with Crippen LogP contribution in [0.4, 0.5) is 0 Å². The predicted octanol–water partition coefficient (Wildman–Crippen LogP) is 3.20. The molecule has 0 spiro atoms. The summed E-state index contributed by atoms with van der Waals surface area (Å²) < 4.78 is 4.70. The van der Waals surface area contributed by atoms with Crippen LogP contribution in [0.3, 0.4) is 0 Å². The van der Waals surface area contributed by atoms with Crippen LogP contribution in [0.1, 0.15) is 24.0 Å². The Hall–Kier alpha value is -2.42. The second-order valence-electron chi connectivity index (χ2n) is 4.90. The van der Waals surface area contributed by atoms with Gasteiger partial charge in [0, 0.05) is 0 Å². The molecule has 1 atom stereocenters. The number of hydrogen-bond donors (Lipinski definition) is 0. The van der Waals surface area contributed by atoms with Crippen molar-refractivity contribution in [2.75, 3.05) is 7.11 Å². The first kappa shape index (κ1) is 15.0. The third-order valence-corrected chi connectivity index (χ3v) is 3.53. The fraction of sp³-hybridized carbons (Fsp3) is 0.222. The Balaban J connectivity index is 2.42. The van der Waals surface area contributed by atoms with Crippen molar-refractivity contribution >= 4 is 11.8 Å². The molecule has 0 saturated heterocycles. The van der Waals surface area contributed by atoms with Gasteiger partial charge >= 0.3 is 5.97 Å². The molecule has 3 heteroatoms. The number of Topliss-reactive ketones (excluding diaryl/α,β-unsaturated/α-hetero) is 1. The van der Waals surface area contributed by atoms with E-state index >= 15 is 0 Å². The molecule has 0 radical (unpaired) electrons. The first-order valence-electron chi connectivity index (χ1n) is 6.86. The summed E-state index contributed by atoms with van der Waals surface area (Å²) in [4.78, 5) is 24.4. The highest BCUT2D eigenvalue weighted by Crippen LogP contribution is 2.28. The molecule has 0 aliphatic heterocycles. The predicted molar refractivity (Wildman–Crippen MR) is 80.9 cm³/mol. The molecular weight excluding hydrogens is 264 g/mol. The van der Waals surface area contributed by atoms with Gasteiger partial charge in [-0.05, 0) is 18.1 Å². The minimum atomic E-state index is -0.791. The number of hydrogen-bond acceptors (Lipinski definition) is 3. The molecule has 0 bridgehead atoms. The largest absolute Gasteiger partial charge is 0.468 e. The summed E-state index contributed by atoms with van der Waals surface area (Å²) in [5.74, 6) is -1.90. The molecule has 0 heterocycles. The van der Waals surface area contributed by atoms with Crippen molar-refractivity contribution in [2.45, 2.75) is 12.8 Å². The monoisotopic (exact) mass is 282 g/mol. The molecule has 2 rings (SSSR count). The van der Waals surface area contributed by atoms with Crippen LogP contribution < -0.4 is 0 Å². The van der Waals surface area contributed by atoms with E-state index in [-0.39, 0.29) is 5.78 Å². The van der Waals surface area contributed by atoms with Gasteiger partial charge in [-0.3, -0.25) is 9.59 Å². The van der Waals surface area contributed by atoms with Crippen molar-refractivity contribution in [2.24, 2.45) is 5.92 Å². The summed E-state index contributed by atoms with van der Waals surface area (Å²) in [5.41, 5.74) is 1.76. The van der Waals surface area contributed by atoms with Gasteiger partial charge in [-0.1, -0.05) is 60.7 Å². The molecule has 1 unspecified atom stereocenters. The Morgan fingerprint density at radius 2 is 1.29 bits per heavy atom. The second-order valence-corrected chi connectivity index (χ2v) is 4.90. The van der Waals surface area contributed by atoms with Crippen LogP contribution in [0.15, 0.2) is 60.7 Å². The Kier molecular flexibility index (Phi) is 4.88. The topological polar surface area (TPSA) is 43.4 Å². The average molecular weight is 282 g/mol. The Bertz CT molecular complexity index is 565. The first-order valence-corrected chi connectivity index (χ1v) is 6.86. The third-order valence-electron chi connectivity index (χ3n) is 3.53. The zero-order valence-corrected chi connectivity index (χ0v) is 12.2. The molecule has 0 aromatic heterocycles. The van der Waals surface area contributed by atoms with Crippen LogP contribution in [0.25, 0.3) is 0 Å². The Morgan fingerprint density at radius 3 is 1.67 bits per heavy atom. The lowest BCUT2D eigenvalue weighted by molar-refractivity contribution is -0.148. The highest BCUT2D eigenvalue weighted by molar-refractivity contribution is 6.03. The molecule has 0 amide bonds. The van der Waals surface area contributed by atoms with Gasteiger partial charge in [-0.2, -0.15) is 0 Å². The molecule has 0 aliphatic rings. The number of methoxy groups -OCH3 is 1. The van der Waals surface area contributed by atoms with Crippen LogP contribution in [0.5, 0.6) is 0 Å². The maximum Gasteiger partial charge on any atom is 0.315 e. The van der Waals surface area contributed by atoms with E-state index in [0.29, 0.717) is 0 Å². The van der Waals surface area contributed by atoms with Crippen LogP contribution in [0.2, 0.25) is 0 Å². The number of benzene rings is 2. The number of ether oxygens (including phenoxy) is 1. The standard InChI is InChI=1S/C18H18O3/c1-13(18(20)21-2)17(19)16(14-9-5-3-6-10-14)15-11-7-4-8-12-15/h3-13,16H,1-2H3. The van der Waals surface area contributed by atoms with Gasteiger partial charge in [0.1, 0.15) is 5.92 Å². The number of carbonyl (C=O) groups is 2. The quantitative estimate of drug-likeness (QED) is 0.625. The third kappa shape index (κ3) is 3.37. The van der Waals surface area contributed by atoms with Crippen molar-refractivity contribution in [1.29, 1.82) is 0 Å². The summed E-state index contributed by atoms with van der Waals surface area (Å²) in [6.45, 7) is 1.59. The summed E-state index contributed by atoms with van der Waals surface area (Å²) in [5, 5.41) is 0. The number of esters is 1. The van der Waals surface area contributed by atoms with Gasteiger partial charge in [0.2, 0.25) is 0 Å². The van der Waals surface area contributed by atoms with Gasteiger partial charge in [0.05, 0.1) is 13.0 Å². The molecular formula is C18H18O3. The van der Waals surface area contributed by atoms with Gasteiger partial charge in [-0.15, -0.1) is 0 Å². The highest BCUT2D eigenvalue weighted by atomic mass is 16.5. The fourth-order valence-electron chi connectivity index (χ4n) is 2.35. The summed E-state index contributed by atoms with van der Waals surface area (Å²) in [7, 11) is 1.30. The average Bonchev–Trinajstić information content (AvgIpc) is 2.55. The van der Waals surface area contributed by atoms with E-state index in [0.717, 1.165) is 11.1 Å². The van der Waals surface area contributed by atoms with Crippen molar-refractivity contribution < 1.29 is 14.3 Å². The maximum absolute atomic E-state index is 12.7. The number of rotatable bonds is 5. The summed E-state index contributed by atoms with van der Waals surface area (Å²) in [6, 6.07) is 19.0.